The van der Waals surface area contributed by atoms with E-state index in [9.17, 15) is 9.90 Å². The van der Waals surface area contributed by atoms with Gasteiger partial charge < -0.3 is 9.90 Å². The SMILES string of the molecule is O=CC[C@H]1CN(Cc2ccccc2)C[C@H]1c1ccccc1O. The van der Waals surface area contributed by atoms with Crippen LogP contribution < -0.4 is 0 Å². The summed E-state index contributed by atoms with van der Waals surface area (Å²) in [5.41, 5.74) is 2.25. The molecule has 0 unspecified atom stereocenters. The summed E-state index contributed by atoms with van der Waals surface area (Å²) in [6, 6.07) is 17.9. The van der Waals surface area contributed by atoms with Gasteiger partial charge in [-0.25, -0.2) is 0 Å². The van der Waals surface area contributed by atoms with E-state index in [4.69, 9.17) is 0 Å². The van der Waals surface area contributed by atoms with Gasteiger partial charge in [0, 0.05) is 32.0 Å². The van der Waals surface area contributed by atoms with Crippen molar-refractivity contribution in [1.29, 1.82) is 0 Å². The number of likely N-dealkylation sites (tertiary alicyclic amines) is 1. The van der Waals surface area contributed by atoms with Crippen molar-refractivity contribution in [3.05, 3.63) is 65.7 Å². The first-order valence-corrected chi connectivity index (χ1v) is 7.75. The summed E-state index contributed by atoms with van der Waals surface area (Å²) in [5, 5.41) is 10.1. The molecule has 3 rings (SSSR count). The predicted molar refractivity (Wildman–Crippen MR) is 86.7 cm³/mol. The fourth-order valence-electron chi connectivity index (χ4n) is 3.45. The Labute approximate surface area is 131 Å². The number of hydrogen-bond donors (Lipinski definition) is 1. The summed E-state index contributed by atoms with van der Waals surface area (Å²) in [4.78, 5) is 13.4. The molecule has 2 aromatic rings. The fourth-order valence-corrected chi connectivity index (χ4v) is 3.45. The summed E-state index contributed by atoms with van der Waals surface area (Å²) in [7, 11) is 0. The van der Waals surface area contributed by atoms with Crippen LogP contribution in [-0.4, -0.2) is 29.4 Å². The maximum atomic E-state index is 11.0. The lowest BCUT2D eigenvalue weighted by Crippen LogP contribution is -2.20. The van der Waals surface area contributed by atoms with Gasteiger partial charge in [0.15, 0.2) is 0 Å². The molecule has 114 valence electrons. The molecule has 2 atom stereocenters. The third-order valence-corrected chi connectivity index (χ3v) is 4.50. The number of aromatic hydroxyl groups is 1. The number of phenolic OH excluding ortho intramolecular Hbond substituents is 1. The van der Waals surface area contributed by atoms with Gasteiger partial charge in [0.25, 0.3) is 0 Å². The van der Waals surface area contributed by atoms with Gasteiger partial charge >= 0.3 is 0 Å². The Balaban J connectivity index is 1.78. The van der Waals surface area contributed by atoms with Crippen LogP contribution >= 0.6 is 0 Å². The second-order valence-corrected chi connectivity index (χ2v) is 6.01. The molecule has 1 N–H and O–H groups in total. The van der Waals surface area contributed by atoms with Crippen LogP contribution in [-0.2, 0) is 11.3 Å². The van der Waals surface area contributed by atoms with Crippen LogP contribution in [0.2, 0.25) is 0 Å². The first kappa shape index (κ1) is 14.8. The Morgan fingerprint density at radius 1 is 1.05 bits per heavy atom. The van der Waals surface area contributed by atoms with E-state index < -0.39 is 0 Å². The predicted octanol–water partition coefficient (Wildman–Crippen LogP) is 3.20. The molecule has 0 spiro atoms. The monoisotopic (exact) mass is 295 g/mol. The lowest BCUT2D eigenvalue weighted by molar-refractivity contribution is -0.108. The number of phenols is 1. The Morgan fingerprint density at radius 3 is 2.50 bits per heavy atom. The van der Waals surface area contributed by atoms with E-state index in [1.54, 1.807) is 6.07 Å². The molecular formula is C19H21NO2. The van der Waals surface area contributed by atoms with E-state index in [0.29, 0.717) is 12.2 Å². The minimum atomic E-state index is 0.218. The normalized spacial score (nSPS) is 21.8. The van der Waals surface area contributed by atoms with Crippen LogP contribution in [0.3, 0.4) is 0 Å². The minimum Gasteiger partial charge on any atom is -0.508 e. The van der Waals surface area contributed by atoms with Crippen LogP contribution in [0.4, 0.5) is 0 Å². The summed E-state index contributed by atoms with van der Waals surface area (Å²) < 4.78 is 0. The molecule has 1 fully saturated rings. The molecule has 0 aliphatic carbocycles. The van der Waals surface area contributed by atoms with Crippen molar-refractivity contribution in [3.63, 3.8) is 0 Å². The summed E-state index contributed by atoms with van der Waals surface area (Å²) in [6.45, 7) is 2.66. The number of aldehydes is 1. The maximum Gasteiger partial charge on any atom is 0.120 e. The van der Waals surface area contributed by atoms with Crippen molar-refractivity contribution in [2.24, 2.45) is 5.92 Å². The van der Waals surface area contributed by atoms with E-state index in [2.05, 4.69) is 29.2 Å². The van der Waals surface area contributed by atoms with Crippen LogP contribution in [0, 0.1) is 5.92 Å². The Hall–Kier alpha value is -2.13. The molecule has 1 heterocycles. The van der Waals surface area contributed by atoms with Gasteiger partial charge in [-0.15, -0.1) is 0 Å². The van der Waals surface area contributed by atoms with E-state index in [0.717, 1.165) is 31.5 Å². The number of carbonyl (C=O) groups excluding carboxylic acids is 1. The highest BCUT2D eigenvalue weighted by Gasteiger charge is 2.34. The zero-order valence-corrected chi connectivity index (χ0v) is 12.6. The van der Waals surface area contributed by atoms with E-state index in [1.807, 2.05) is 24.3 Å². The number of para-hydroxylation sites is 1. The molecule has 0 amide bonds. The zero-order valence-electron chi connectivity index (χ0n) is 12.6. The summed E-state index contributed by atoms with van der Waals surface area (Å²) in [6.07, 6.45) is 1.55. The van der Waals surface area contributed by atoms with Gasteiger partial charge in [-0.1, -0.05) is 48.5 Å². The van der Waals surface area contributed by atoms with E-state index in [1.165, 1.54) is 5.56 Å². The highest BCUT2D eigenvalue weighted by atomic mass is 16.3. The number of carbonyl (C=O) groups is 1. The van der Waals surface area contributed by atoms with Gasteiger partial charge in [-0.05, 0) is 23.1 Å². The van der Waals surface area contributed by atoms with Crippen LogP contribution in [0.25, 0.3) is 0 Å². The zero-order chi connectivity index (χ0) is 15.4. The molecule has 1 aliphatic rings. The third-order valence-electron chi connectivity index (χ3n) is 4.50. The van der Waals surface area contributed by atoms with Crippen LogP contribution in [0.1, 0.15) is 23.5 Å². The Bertz CT molecular complexity index is 626. The molecule has 3 heteroatoms. The lowest BCUT2D eigenvalue weighted by Gasteiger charge is -2.18. The van der Waals surface area contributed by atoms with Crippen molar-refractivity contribution in [3.8, 4) is 5.75 Å². The number of nitrogens with zero attached hydrogens (tertiary/aromatic N) is 1. The van der Waals surface area contributed by atoms with Crippen molar-refractivity contribution in [2.45, 2.75) is 18.9 Å². The number of rotatable bonds is 5. The van der Waals surface area contributed by atoms with Crippen molar-refractivity contribution < 1.29 is 9.90 Å². The van der Waals surface area contributed by atoms with Gasteiger partial charge in [0.2, 0.25) is 0 Å². The topological polar surface area (TPSA) is 40.5 Å². The third kappa shape index (κ3) is 3.20. The lowest BCUT2D eigenvalue weighted by atomic mass is 9.87. The molecule has 2 aromatic carbocycles. The van der Waals surface area contributed by atoms with Crippen molar-refractivity contribution >= 4 is 6.29 Å². The van der Waals surface area contributed by atoms with Gasteiger partial charge in [0.1, 0.15) is 12.0 Å². The molecule has 0 radical (unpaired) electrons. The molecule has 0 aromatic heterocycles. The van der Waals surface area contributed by atoms with Crippen LogP contribution in [0.5, 0.6) is 5.75 Å². The Kier molecular flexibility index (Phi) is 4.54. The average molecular weight is 295 g/mol. The summed E-state index contributed by atoms with van der Waals surface area (Å²) in [5.74, 6) is 0.828. The molecular weight excluding hydrogens is 274 g/mol. The first-order valence-electron chi connectivity index (χ1n) is 7.75. The Morgan fingerprint density at radius 2 is 1.77 bits per heavy atom. The quantitative estimate of drug-likeness (QED) is 0.861. The van der Waals surface area contributed by atoms with Crippen LogP contribution in [0.15, 0.2) is 54.6 Å². The molecule has 0 bridgehead atoms. The van der Waals surface area contributed by atoms with Gasteiger partial charge in [-0.2, -0.15) is 0 Å². The molecule has 3 nitrogen and oxygen atoms in total. The molecule has 22 heavy (non-hydrogen) atoms. The summed E-state index contributed by atoms with van der Waals surface area (Å²) >= 11 is 0. The molecule has 1 aliphatic heterocycles. The van der Waals surface area contributed by atoms with E-state index >= 15 is 0 Å². The molecule has 0 saturated carbocycles. The van der Waals surface area contributed by atoms with Gasteiger partial charge in [0.05, 0.1) is 0 Å². The van der Waals surface area contributed by atoms with Gasteiger partial charge in [-0.3, -0.25) is 4.90 Å². The van der Waals surface area contributed by atoms with Crippen molar-refractivity contribution in [2.75, 3.05) is 13.1 Å². The smallest absolute Gasteiger partial charge is 0.120 e. The largest absolute Gasteiger partial charge is 0.508 e. The highest BCUT2D eigenvalue weighted by molar-refractivity contribution is 5.51. The minimum absolute atomic E-state index is 0.218. The first-order chi connectivity index (χ1) is 10.8. The van der Waals surface area contributed by atoms with Crippen molar-refractivity contribution in [1.82, 2.24) is 4.90 Å². The average Bonchev–Trinajstić information content (AvgIpc) is 2.91. The maximum absolute atomic E-state index is 11.0. The standard InChI is InChI=1S/C19H21NO2/c21-11-10-16-13-20(12-15-6-2-1-3-7-15)14-18(16)17-8-4-5-9-19(17)22/h1-9,11,16,18,22H,10,12-14H2/t16-,18+/m0/s1. The number of hydrogen-bond acceptors (Lipinski definition) is 3. The molecule has 1 saturated heterocycles. The highest BCUT2D eigenvalue weighted by Crippen LogP contribution is 2.38. The second kappa shape index (κ2) is 6.75. The van der Waals surface area contributed by atoms with E-state index in [-0.39, 0.29) is 11.8 Å². The second-order valence-electron chi connectivity index (χ2n) is 6.01. The fraction of sp³-hybridized carbons (Fsp3) is 0.316. The number of benzene rings is 2.